The Bertz CT molecular complexity index is 407. The molecule has 0 aromatic heterocycles. The van der Waals surface area contributed by atoms with Crippen molar-refractivity contribution < 1.29 is 9.13 Å². The summed E-state index contributed by atoms with van der Waals surface area (Å²) in [7, 11) is 0. The first-order valence-electron chi connectivity index (χ1n) is 6.52. The van der Waals surface area contributed by atoms with Crippen molar-refractivity contribution in [1.82, 2.24) is 0 Å². The number of ether oxygens (including phenoxy) is 1. The Morgan fingerprint density at radius 1 is 1.33 bits per heavy atom. The largest absolute Gasteiger partial charge is 0.374 e. The van der Waals surface area contributed by atoms with E-state index in [1.54, 1.807) is 6.07 Å². The fourth-order valence-corrected chi connectivity index (χ4v) is 2.85. The van der Waals surface area contributed by atoms with E-state index in [1.165, 1.54) is 25.0 Å². The van der Waals surface area contributed by atoms with Gasteiger partial charge in [-0.05, 0) is 48.8 Å². The van der Waals surface area contributed by atoms with Crippen LogP contribution < -0.4 is 0 Å². The number of hydrogen-bond donors (Lipinski definition) is 0. The van der Waals surface area contributed by atoms with Crippen LogP contribution in [-0.2, 0) is 11.3 Å². The van der Waals surface area contributed by atoms with Gasteiger partial charge < -0.3 is 4.74 Å². The Hall–Kier alpha value is -0.410. The molecule has 1 aromatic carbocycles. The molecule has 0 unspecified atom stereocenters. The van der Waals surface area contributed by atoms with Gasteiger partial charge in [-0.1, -0.05) is 35.8 Å². The third-order valence-electron chi connectivity index (χ3n) is 3.78. The van der Waals surface area contributed by atoms with Gasteiger partial charge in [-0.3, -0.25) is 0 Å². The van der Waals surface area contributed by atoms with Crippen LogP contribution in [0, 0.1) is 11.2 Å². The van der Waals surface area contributed by atoms with Gasteiger partial charge in [-0.2, -0.15) is 0 Å². The highest BCUT2D eigenvalue weighted by molar-refractivity contribution is 9.10. The highest BCUT2D eigenvalue weighted by Gasteiger charge is 2.27. The highest BCUT2D eigenvalue weighted by Crippen LogP contribution is 2.36. The lowest BCUT2D eigenvalue weighted by molar-refractivity contribution is -0.00581. The van der Waals surface area contributed by atoms with E-state index in [4.69, 9.17) is 4.74 Å². The molecule has 1 nitrogen and oxygen atoms in total. The normalized spacial score (nSPS) is 20.0. The van der Waals surface area contributed by atoms with E-state index in [0.29, 0.717) is 18.1 Å². The summed E-state index contributed by atoms with van der Waals surface area (Å²) in [6, 6.07) is 4.75. The van der Waals surface area contributed by atoms with Crippen molar-refractivity contribution in [1.29, 1.82) is 0 Å². The van der Waals surface area contributed by atoms with Crippen LogP contribution in [0.3, 0.4) is 0 Å². The molecule has 0 aliphatic heterocycles. The molecule has 2 rings (SSSR count). The van der Waals surface area contributed by atoms with Crippen molar-refractivity contribution in [3.05, 3.63) is 34.1 Å². The molecule has 1 saturated carbocycles. The second kappa shape index (κ2) is 5.70. The minimum absolute atomic E-state index is 0.218. The van der Waals surface area contributed by atoms with E-state index in [0.717, 1.165) is 22.9 Å². The second-order valence-electron chi connectivity index (χ2n) is 5.91. The smallest absolute Gasteiger partial charge is 0.124 e. The van der Waals surface area contributed by atoms with Gasteiger partial charge in [-0.25, -0.2) is 4.39 Å². The van der Waals surface area contributed by atoms with Crippen molar-refractivity contribution in [2.24, 2.45) is 5.41 Å². The highest BCUT2D eigenvalue weighted by atomic mass is 79.9. The Morgan fingerprint density at radius 3 is 2.61 bits per heavy atom. The summed E-state index contributed by atoms with van der Waals surface area (Å²) in [6.07, 6.45) is 5.07. The van der Waals surface area contributed by atoms with Crippen LogP contribution in [0.5, 0.6) is 0 Å². The van der Waals surface area contributed by atoms with E-state index < -0.39 is 0 Å². The molecule has 0 heterocycles. The number of halogens is 2. The van der Waals surface area contributed by atoms with E-state index >= 15 is 0 Å². The first-order valence-corrected chi connectivity index (χ1v) is 7.31. The van der Waals surface area contributed by atoms with Gasteiger partial charge in [0.15, 0.2) is 0 Å². The van der Waals surface area contributed by atoms with Crippen LogP contribution in [0.25, 0.3) is 0 Å². The predicted octanol–water partition coefficient (Wildman–Crippen LogP) is 5.07. The standard InChI is InChI=1S/C15H20BrFO/c1-15(2)7-5-13(6-8-15)18-10-11-3-4-12(17)9-14(11)16/h3-4,9,13H,5-8,10H2,1-2H3. The zero-order valence-corrected chi connectivity index (χ0v) is 12.6. The van der Waals surface area contributed by atoms with E-state index in [2.05, 4.69) is 29.8 Å². The third-order valence-corrected chi connectivity index (χ3v) is 4.51. The Balaban J connectivity index is 1.85. The van der Waals surface area contributed by atoms with Crippen molar-refractivity contribution in [2.45, 2.75) is 52.2 Å². The van der Waals surface area contributed by atoms with E-state index in [9.17, 15) is 4.39 Å². The van der Waals surface area contributed by atoms with Gasteiger partial charge in [0, 0.05) is 4.47 Å². The molecule has 0 atom stereocenters. The summed E-state index contributed by atoms with van der Waals surface area (Å²) in [4.78, 5) is 0. The van der Waals surface area contributed by atoms with Crippen LogP contribution in [0.1, 0.15) is 45.1 Å². The van der Waals surface area contributed by atoms with Crippen molar-refractivity contribution >= 4 is 15.9 Å². The van der Waals surface area contributed by atoms with Gasteiger partial charge in [0.2, 0.25) is 0 Å². The summed E-state index contributed by atoms with van der Waals surface area (Å²) >= 11 is 3.37. The van der Waals surface area contributed by atoms with Crippen molar-refractivity contribution in [2.75, 3.05) is 0 Å². The van der Waals surface area contributed by atoms with Crippen molar-refractivity contribution in [3.8, 4) is 0 Å². The van der Waals surface area contributed by atoms with Gasteiger partial charge in [0.1, 0.15) is 5.82 Å². The monoisotopic (exact) mass is 314 g/mol. The lowest BCUT2D eigenvalue weighted by atomic mass is 9.76. The summed E-state index contributed by atoms with van der Waals surface area (Å²) in [5.41, 5.74) is 1.48. The average Bonchev–Trinajstić information content (AvgIpc) is 2.29. The quantitative estimate of drug-likeness (QED) is 0.756. The molecule has 0 N–H and O–H groups in total. The molecule has 0 bridgehead atoms. The molecule has 100 valence electrons. The Morgan fingerprint density at radius 2 is 2.00 bits per heavy atom. The predicted molar refractivity (Wildman–Crippen MR) is 74.9 cm³/mol. The first kappa shape index (κ1) is 14.0. The minimum atomic E-state index is -0.218. The minimum Gasteiger partial charge on any atom is -0.374 e. The second-order valence-corrected chi connectivity index (χ2v) is 6.76. The SMILES string of the molecule is CC1(C)CCC(OCc2ccc(F)cc2Br)CC1. The Labute approximate surface area is 117 Å². The topological polar surface area (TPSA) is 9.23 Å². The van der Waals surface area contributed by atoms with Gasteiger partial charge in [-0.15, -0.1) is 0 Å². The average molecular weight is 315 g/mol. The number of rotatable bonds is 3. The molecule has 0 amide bonds. The van der Waals surface area contributed by atoms with Crippen LogP contribution in [-0.4, -0.2) is 6.10 Å². The van der Waals surface area contributed by atoms with Crippen LogP contribution in [0.15, 0.2) is 22.7 Å². The molecule has 1 aromatic rings. The maximum Gasteiger partial charge on any atom is 0.124 e. The Kier molecular flexibility index (Phi) is 4.44. The van der Waals surface area contributed by atoms with Gasteiger partial charge in [0.05, 0.1) is 12.7 Å². The fourth-order valence-electron chi connectivity index (χ4n) is 2.39. The molecule has 18 heavy (non-hydrogen) atoms. The molecule has 1 fully saturated rings. The van der Waals surface area contributed by atoms with Crippen LogP contribution >= 0.6 is 15.9 Å². The molecule has 1 aliphatic carbocycles. The lowest BCUT2D eigenvalue weighted by Crippen LogP contribution is -2.26. The number of hydrogen-bond acceptors (Lipinski definition) is 1. The molecule has 3 heteroatoms. The molecular formula is C15H20BrFO. The van der Waals surface area contributed by atoms with E-state index in [1.807, 2.05) is 0 Å². The molecule has 0 spiro atoms. The summed E-state index contributed by atoms with van der Waals surface area (Å²) in [5.74, 6) is -0.218. The van der Waals surface area contributed by atoms with Crippen LogP contribution in [0.2, 0.25) is 0 Å². The van der Waals surface area contributed by atoms with E-state index in [-0.39, 0.29) is 5.82 Å². The van der Waals surface area contributed by atoms with Crippen LogP contribution in [0.4, 0.5) is 4.39 Å². The zero-order valence-electron chi connectivity index (χ0n) is 11.0. The first-order chi connectivity index (χ1) is 8.46. The molecular weight excluding hydrogens is 295 g/mol. The van der Waals surface area contributed by atoms with Crippen molar-refractivity contribution in [3.63, 3.8) is 0 Å². The van der Waals surface area contributed by atoms with Gasteiger partial charge in [0.25, 0.3) is 0 Å². The maximum absolute atomic E-state index is 13.0. The summed E-state index contributed by atoms with van der Waals surface area (Å²) in [6.45, 7) is 5.20. The summed E-state index contributed by atoms with van der Waals surface area (Å²) < 4.78 is 19.7. The van der Waals surface area contributed by atoms with Gasteiger partial charge >= 0.3 is 0 Å². The molecule has 1 aliphatic rings. The number of benzene rings is 1. The fraction of sp³-hybridized carbons (Fsp3) is 0.600. The zero-order chi connectivity index (χ0) is 13.2. The summed E-state index contributed by atoms with van der Waals surface area (Å²) in [5, 5.41) is 0. The molecule has 0 radical (unpaired) electrons. The lowest BCUT2D eigenvalue weighted by Gasteiger charge is -2.34. The maximum atomic E-state index is 13.0. The third kappa shape index (κ3) is 3.79. The molecule has 0 saturated heterocycles.